The van der Waals surface area contributed by atoms with E-state index in [0.29, 0.717) is 43.4 Å². The highest BCUT2D eigenvalue weighted by Crippen LogP contribution is 2.28. The topological polar surface area (TPSA) is 68.2 Å². The first-order valence-corrected chi connectivity index (χ1v) is 6.50. The molecule has 1 heterocycles. The molecule has 20 heavy (non-hydrogen) atoms. The zero-order valence-electron chi connectivity index (χ0n) is 11.5. The van der Waals surface area contributed by atoms with Gasteiger partial charge in [0.2, 0.25) is 0 Å². The van der Waals surface area contributed by atoms with Crippen molar-refractivity contribution in [1.29, 1.82) is 0 Å². The highest BCUT2D eigenvalue weighted by molar-refractivity contribution is 5.78. The van der Waals surface area contributed by atoms with Gasteiger partial charge in [-0.3, -0.25) is 4.79 Å². The molecular weight excluding hydrogens is 262 g/mol. The molecule has 1 fully saturated rings. The van der Waals surface area contributed by atoms with Crippen LogP contribution < -0.4 is 9.47 Å². The quantitative estimate of drug-likeness (QED) is 0.847. The van der Waals surface area contributed by atoms with Gasteiger partial charge in [-0.2, -0.15) is 0 Å². The van der Waals surface area contributed by atoms with Gasteiger partial charge in [-0.05, 0) is 17.7 Å². The lowest BCUT2D eigenvalue weighted by Gasteiger charge is -2.26. The predicted molar refractivity (Wildman–Crippen MR) is 71.8 cm³/mol. The molecule has 0 aliphatic carbocycles. The van der Waals surface area contributed by atoms with E-state index in [0.717, 1.165) is 0 Å². The molecule has 0 bridgehead atoms. The zero-order chi connectivity index (χ0) is 14.4. The predicted octanol–water partition coefficient (Wildman–Crippen LogP) is 0.425. The van der Waals surface area contributed by atoms with Gasteiger partial charge in [0.05, 0.1) is 26.9 Å². The van der Waals surface area contributed by atoms with Gasteiger partial charge in [0.15, 0.2) is 18.1 Å². The SMILES string of the molecule is COc1ccc(CO)cc1OCC(=O)N1CCOCC1. The summed E-state index contributed by atoms with van der Waals surface area (Å²) in [6.45, 7) is 2.18. The van der Waals surface area contributed by atoms with E-state index in [1.807, 2.05) is 0 Å². The molecule has 1 aliphatic rings. The van der Waals surface area contributed by atoms with E-state index in [-0.39, 0.29) is 19.1 Å². The molecule has 1 amide bonds. The summed E-state index contributed by atoms with van der Waals surface area (Å²) < 4.78 is 15.9. The number of aliphatic hydroxyl groups is 1. The number of amides is 1. The summed E-state index contributed by atoms with van der Waals surface area (Å²) >= 11 is 0. The molecular formula is C14H19NO5. The summed E-state index contributed by atoms with van der Waals surface area (Å²) in [4.78, 5) is 13.7. The normalized spacial score (nSPS) is 15.0. The molecule has 1 aromatic rings. The molecule has 1 aromatic carbocycles. The van der Waals surface area contributed by atoms with Crippen LogP contribution in [0.4, 0.5) is 0 Å². The molecule has 0 saturated carbocycles. The average Bonchev–Trinajstić information content (AvgIpc) is 2.53. The van der Waals surface area contributed by atoms with Crippen molar-refractivity contribution >= 4 is 5.91 Å². The number of morpholine rings is 1. The Morgan fingerprint density at radius 2 is 2.10 bits per heavy atom. The number of carbonyl (C=O) groups is 1. The minimum absolute atomic E-state index is 0.0504. The van der Waals surface area contributed by atoms with Crippen molar-refractivity contribution in [2.24, 2.45) is 0 Å². The van der Waals surface area contributed by atoms with Crippen LogP contribution in [-0.4, -0.2) is 55.9 Å². The van der Waals surface area contributed by atoms with Crippen LogP contribution in [0.5, 0.6) is 11.5 Å². The number of ether oxygens (including phenoxy) is 3. The Hall–Kier alpha value is -1.79. The number of hydrogen-bond donors (Lipinski definition) is 1. The molecule has 1 aliphatic heterocycles. The number of nitrogens with zero attached hydrogens (tertiary/aromatic N) is 1. The van der Waals surface area contributed by atoms with Crippen LogP contribution in [0, 0.1) is 0 Å². The maximum absolute atomic E-state index is 12.0. The lowest BCUT2D eigenvalue weighted by Crippen LogP contribution is -2.43. The van der Waals surface area contributed by atoms with E-state index in [9.17, 15) is 4.79 Å². The van der Waals surface area contributed by atoms with Gasteiger partial charge in [0, 0.05) is 13.1 Å². The first-order chi connectivity index (χ1) is 9.74. The Balaban J connectivity index is 1.96. The van der Waals surface area contributed by atoms with Gasteiger partial charge in [0.1, 0.15) is 0 Å². The fraction of sp³-hybridized carbons (Fsp3) is 0.500. The third kappa shape index (κ3) is 3.61. The third-order valence-corrected chi connectivity index (χ3v) is 3.13. The Morgan fingerprint density at radius 3 is 2.75 bits per heavy atom. The van der Waals surface area contributed by atoms with Crippen LogP contribution in [-0.2, 0) is 16.1 Å². The van der Waals surface area contributed by atoms with E-state index in [4.69, 9.17) is 19.3 Å². The second-order valence-electron chi connectivity index (χ2n) is 4.43. The van der Waals surface area contributed by atoms with Crippen LogP contribution in [0.15, 0.2) is 18.2 Å². The summed E-state index contributed by atoms with van der Waals surface area (Å²) in [5.41, 5.74) is 0.708. The van der Waals surface area contributed by atoms with Gasteiger partial charge < -0.3 is 24.2 Å². The summed E-state index contributed by atoms with van der Waals surface area (Å²) in [5.74, 6) is 0.919. The van der Waals surface area contributed by atoms with Gasteiger partial charge in [-0.1, -0.05) is 6.07 Å². The van der Waals surface area contributed by atoms with Gasteiger partial charge in [0.25, 0.3) is 5.91 Å². The highest BCUT2D eigenvalue weighted by atomic mass is 16.5. The molecule has 110 valence electrons. The number of carbonyl (C=O) groups excluding carboxylic acids is 1. The van der Waals surface area contributed by atoms with Crippen molar-refractivity contribution in [2.45, 2.75) is 6.61 Å². The monoisotopic (exact) mass is 281 g/mol. The average molecular weight is 281 g/mol. The molecule has 1 N–H and O–H groups in total. The first kappa shape index (κ1) is 14.6. The Labute approximate surface area is 117 Å². The molecule has 6 heteroatoms. The molecule has 0 radical (unpaired) electrons. The molecule has 6 nitrogen and oxygen atoms in total. The van der Waals surface area contributed by atoms with E-state index < -0.39 is 0 Å². The fourth-order valence-electron chi connectivity index (χ4n) is 1.98. The second kappa shape index (κ2) is 7.12. The highest BCUT2D eigenvalue weighted by Gasteiger charge is 2.18. The summed E-state index contributed by atoms with van der Waals surface area (Å²) in [6, 6.07) is 5.13. The van der Waals surface area contributed by atoms with Crippen LogP contribution in [0.2, 0.25) is 0 Å². The number of rotatable bonds is 5. The largest absolute Gasteiger partial charge is 0.493 e. The van der Waals surface area contributed by atoms with Crippen molar-refractivity contribution in [3.63, 3.8) is 0 Å². The van der Waals surface area contributed by atoms with Crippen molar-refractivity contribution in [1.82, 2.24) is 4.90 Å². The van der Waals surface area contributed by atoms with Crippen LogP contribution in [0.3, 0.4) is 0 Å². The first-order valence-electron chi connectivity index (χ1n) is 6.50. The van der Waals surface area contributed by atoms with Gasteiger partial charge in [-0.25, -0.2) is 0 Å². The summed E-state index contributed by atoms with van der Waals surface area (Å²) in [7, 11) is 1.53. The number of methoxy groups -OCH3 is 1. The third-order valence-electron chi connectivity index (χ3n) is 3.13. The van der Waals surface area contributed by atoms with Crippen molar-refractivity contribution in [3.05, 3.63) is 23.8 Å². The molecule has 0 atom stereocenters. The van der Waals surface area contributed by atoms with Crippen LogP contribution >= 0.6 is 0 Å². The number of aliphatic hydroxyl groups excluding tert-OH is 1. The van der Waals surface area contributed by atoms with Crippen molar-refractivity contribution in [2.75, 3.05) is 40.0 Å². The van der Waals surface area contributed by atoms with Gasteiger partial charge in [-0.15, -0.1) is 0 Å². The van der Waals surface area contributed by atoms with Crippen molar-refractivity contribution in [3.8, 4) is 11.5 Å². The van der Waals surface area contributed by atoms with Crippen LogP contribution in [0.1, 0.15) is 5.56 Å². The number of hydrogen-bond acceptors (Lipinski definition) is 5. The minimum atomic E-state index is -0.0856. The fourth-order valence-corrected chi connectivity index (χ4v) is 1.98. The molecule has 0 unspecified atom stereocenters. The van der Waals surface area contributed by atoms with E-state index in [1.165, 1.54) is 7.11 Å². The second-order valence-corrected chi connectivity index (χ2v) is 4.43. The molecule has 0 spiro atoms. The molecule has 1 saturated heterocycles. The zero-order valence-corrected chi connectivity index (χ0v) is 11.5. The molecule has 2 rings (SSSR count). The Bertz CT molecular complexity index is 457. The maximum Gasteiger partial charge on any atom is 0.260 e. The summed E-state index contributed by atoms with van der Waals surface area (Å²) in [6.07, 6.45) is 0. The van der Waals surface area contributed by atoms with Crippen LogP contribution in [0.25, 0.3) is 0 Å². The summed E-state index contributed by atoms with van der Waals surface area (Å²) in [5, 5.41) is 9.12. The van der Waals surface area contributed by atoms with E-state index in [2.05, 4.69) is 0 Å². The minimum Gasteiger partial charge on any atom is -0.493 e. The van der Waals surface area contributed by atoms with Crippen molar-refractivity contribution < 1.29 is 24.1 Å². The smallest absolute Gasteiger partial charge is 0.260 e. The lowest BCUT2D eigenvalue weighted by molar-refractivity contribution is -0.137. The van der Waals surface area contributed by atoms with E-state index >= 15 is 0 Å². The molecule has 0 aromatic heterocycles. The Morgan fingerprint density at radius 1 is 1.35 bits per heavy atom. The van der Waals surface area contributed by atoms with Gasteiger partial charge >= 0.3 is 0 Å². The van der Waals surface area contributed by atoms with E-state index in [1.54, 1.807) is 23.1 Å². The Kier molecular flexibility index (Phi) is 5.20. The standard InChI is InChI=1S/C14H19NO5/c1-18-12-3-2-11(9-16)8-13(12)20-10-14(17)15-4-6-19-7-5-15/h2-3,8,16H,4-7,9-10H2,1H3. The lowest BCUT2D eigenvalue weighted by atomic mass is 10.2. The maximum atomic E-state index is 12.0. The number of benzene rings is 1.